The summed E-state index contributed by atoms with van der Waals surface area (Å²) in [5.74, 6) is 0.167. The Morgan fingerprint density at radius 3 is 1.67 bits per heavy atom. The van der Waals surface area contributed by atoms with Gasteiger partial charge in [0.1, 0.15) is 0 Å². The Morgan fingerprint density at radius 2 is 1.20 bits per heavy atom. The van der Waals surface area contributed by atoms with Crippen molar-refractivity contribution in [3.63, 3.8) is 0 Å². The lowest BCUT2D eigenvalue weighted by atomic mass is 9.84. The number of benzene rings is 4. The van der Waals surface area contributed by atoms with E-state index in [0.29, 0.717) is 23.6 Å². The Balaban J connectivity index is 1.28. The molecule has 7 heteroatoms. The number of aromatic nitrogens is 2. The van der Waals surface area contributed by atoms with E-state index in [9.17, 15) is 9.59 Å². The van der Waals surface area contributed by atoms with E-state index in [1.165, 1.54) is 21.6 Å². The molecule has 2 amide bonds. The van der Waals surface area contributed by atoms with Crippen LogP contribution in [0.4, 0.5) is 5.95 Å². The molecule has 5 aromatic rings. The second-order valence-corrected chi connectivity index (χ2v) is 13.5. The smallest absolute Gasteiger partial charge is 0.261 e. The number of carbonyl (C=O) groups excluding carboxylic acids is 2. The van der Waals surface area contributed by atoms with Gasteiger partial charge in [0, 0.05) is 30.7 Å². The van der Waals surface area contributed by atoms with Crippen LogP contribution in [0.15, 0.2) is 128 Å². The minimum atomic E-state index is -0.490. The molecule has 0 bridgehead atoms. The minimum Gasteiger partial charge on any atom is -0.335 e. The summed E-state index contributed by atoms with van der Waals surface area (Å²) in [4.78, 5) is 40.2. The maximum Gasteiger partial charge on any atom is 0.261 e. The summed E-state index contributed by atoms with van der Waals surface area (Å²) >= 11 is 1.93. The Bertz CT molecular complexity index is 1680. The maximum absolute atomic E-state index is 13.5. The fraction of sp³-hybridized carbons (Fsp3) is 0.231. The number of imide groups is 1. The van der Waals surface area contributed by atoms with Crippen LogP contribution in [0.3, 0.4) is 0 Å². The van der Waals surface area contributed by atoms with Crippen LogP contribution in [-0.4, -0.2) is 51.1 Å². The van der Waals surface area contributed by atoms with Crippen LogP contribution in [0, 0.1) is 0 Å². The lowest BCUT2D eigenvalue weighted by Crippen LogP contribution is -2.43. The van der Waals surface area contributed by atoms with Gasteiger partial charge in [-0.05, 0) is 47.2 Å². The zero-order valence-electron chi connectivity index (χ0n) is 25.8. The molecule has 1 saturated heterocycles. The largest absolute Gasteiger partial charge is 0.335 e. The van der Waals surface area contributed by atoms with Crippen LogP contribution in [0.5, 0.6) is 0 Å². The lowest BCUT2D eigenvalue weighted by molar-refractivity contribution is 0.0645. The third kappa shape index (κ3) is 5.49. The van der Waals surface area contributed by atoms with E-state index in [4.69, 9.17) is 9.97 Å². The van der Waals surface area contributed by atoms with Crippen LogP contribution >= 0.6 is 11.8 Å². The summed E-state index contributed by atoms with van der Waals surface area (Å²) < 4.78 is -0.490. The fourth-order valence-corrected chi connectivity index (χ4v) is 8.75. The lowest BCUT2D eigenvalue weighted by Gasteiger charge is -2.37. The van der Waals surface area contributed by atoms with Gasteiger partial charge in [0.05, 0.1) is 21.9 Å². The topological polar surface area (TPSA) is 66.4 Å². The number of nitrogens with zero attached hydrogens (tertiary/aromatic N) is 4. The number of hydrogen-bond donors (Lipinski definition) is 0. The fourth-order valence-electron chi connectivity index (χ4n) is 6.88. The average molecular weight is 625 g/mol. The number of amides is 2. The molecular weight excluding hydrogens is 589 g/mol. The normalized spacial score (nSPS) is 17.8. The first-order valence-corrected chi connectivity index (χ1v) is 16.8. The molecule has 2 aliphatic rings. The molecule has 2 atom stereocenters. The number of rotatable bonds is 10. The van der Waals surface area contributed by atoms with E-state index in [1.54, 1.807) is 12.1 Å². The van der Waals surface area contributed by atoms with Crippen LogP contribution in [0.2, 0.25) is 0 Å². The number of aryl methyl sites for hydroxylation is 1. The van der Waals surface area contributed by atoms with E-state index < -0.39 is 4.75 Å². The Morgan fingerprint density at radius 1 is 0.717 bits per heavy atom. The van der Waals surface area contributed by atoms with Crippen molar-refractivity contribution >= 4 is 29.5 Å². The van der Waals surface area contributed by atoms with Crippen molar-refractivity contribution in [3.8, 4) is 0 Å². The molecule has 230 valence electrons. The van der Waals surface area contributed by atoms with Gasteiger partial charge in [-0.2, -0.15) is 0 Å². The molecule has 3 heterocycles. The predicted molar refractivity (Wildman–Crippen MR) is 184 cm³/mol. The molecule has 4 aromatic carbocycles. The molecule has 0 aliphatic carbocycles. The number of hydrogen-bond acceptors (Lipinski definition) is 6. The summed E-state index contributed by atoms with van der Waals surface area (Å²) in [6.07, 6.45) is 6.52. The quantitative estimate of drug-likeness (QED) is 0.119. The van der Waals surface area contributed by atoms with Gasteiger partial charge in [-0.1, -0.05) is 116 Å². The third-order valence-corrected chi connectivity index (χ3v) is 10.8. The molecule has 1 aromatic heterocycles. The highest BCUT2D eigenvalue weighted by atomic mass is 32.2. The van der Waals surface area contributed by atoms with Crippen LogP contribution in [0.25, 0.3) is 0 Å². The van der Waals surface area contributed by atoms with E-state index in [1.807, 2.05) is 36.3 Å². The third-order valence-electron chi connectivity index (χ3n) is 9.02. The van der Waals surface area contributed by atoms with Crippen molar-refractivity contribution in [2.75, 3.05) is 18.0 Å². The highest BCUT2D eigenvalue weighted by Gasteiger charge is 2.46. The van der Waals surface area contributed by atoms with E-state index in [2.05, 4.69) is 103 Å². The van der Waals surface area contributed by atoms with Gasteiger partial charge in [-0.15, -0.1) is 11.8 Å². The van der Waals surface area contributed by atoms with Crippen LogP contribution in [-0.2, 0) is 11.2 Å². The first kappa shape index (κ1) is 29.9. The van der Waals surface area contributed by atoms with Crippen molar-refractivity contribution in [3.05, 3.63) is 161 Å². The first-order chi connectivity index (χ1) is 22.6. The van der Waals surface area contributed by atoms with Gasteiger partial charge in [0.25, 0.3) is 11.8 Å². The molecule has 6 nitrogen and oxygen atoms in total. The van der Waals surface area contributed by atoms with Gasteiger partial charge in [-0.25, -0.2) is 9.97 Å². The zero-order valence-corrected chi connectivity index (χ0v) is 26.6. The van der Waals surface area contributed by atoms with Gasteiger partial charge in [-0.3, -0.25) is 14.5 Å². The predicted octanol–water partition coefficient (Wildman–Crippen LogP) is 7.40. The van der Waals surface area contributed by atoms with Crippen LogP contribution < -0.4 is 4.90 Å². The SMILES string of the molecule is CCCc1cnc(N2CC(SC(c3ccccc3)(c3ccccc3)c3ccccc3)CC2CN2C(=O)c3ccccc3C2=O)nc1. The molecule has 0 N–H and O–H groups in total. The summed E-state index contributed by atoms with van der Waals surface area (Å²) in [7, 11) is 0. The molecule has 0 saturated carbocycles. The summed E-state index contributed by atoms with van der Waals surface area (Å²) in [5, 5.41) is 0.139. The highest BCUT2D eigenvalue weighted by Crippen LogP contribution is 2.52. The Hall–Kier alpha value is -4.75. The first-order valence-electron chi connectivity index (χ1n) is 16.0. The molecular formula is C39H36N4O2S. The van der Waals surface area contributed by atoms with Gasteiger partial charge < -0.3 is 4.90 Å². The van der Waals surface area contributed by atoms with Gasteiger partial charge >= 0.3 is 0 Å². The summed E-state index contributed by atoms with van der Waals surface area (Å²) in [6.45, 7) is 3.10. The molecule has 0 radical (unpaired) electrons. The Kier molecular flexibility index (Phi) is 8.41. The minimum absolute atomic E-state index is 0.139. The maximum atomic E-state index is 13.5. The molecule has 46 heavy (non-hydrogen) atoms. The van der Waals surface area contributed by atoms with Gasteiger partial charge in [0.15, 0.2) is 0 Å². The van der Waals surface area contributed by atoms with Crippen molar-refractivity contribution in [1.29, 1.82) is 0 Å². The summed E-state index contributed by atoms with van der Waals surface area (Å²) in [6, 6.07) is 39.1. The molecule has 2 unspecified atom stereocenters. The zero-order chi connectivity index (χ0) is 31.5. The van der Waals surface area contributed by atoms with Crippen molar-refractivity contribution in [2.24, 2.45) is 0 Å². The standard InChI is InChI=1S/C39H36N4O2S/c1-2-14-28-24-40-38(41-25-28)42-27-33(23-32(42)26-43-36(44)34-21-12-13-22-35(34)37(43)45)46-39(29-15-6-3-7-16-29,30-17-8-4-9-18-30)31-19-10-5-11-20-31/h3-13,15-22,24-25,32-33H,2,14,23,26-27H2,1H3. The summed E-state index contributed by atoms with van der Waals surface area (Å²) in [5.41, 5.74) is 5.65. The molecule has 1 fully saturated rings. The van der Waals surface area contributed by atoms with Crippen LogP contribution in [0.1, 0.15) is 62.7 Å². The van der Waals surface area contributed by atoms with E-state index in [0.717, 1.165) is 24.8 Å². The monoisotopic (exact) mass is 624 g/mol. The molecule has 7 rings (SSSR count). The highest BCUT2D eigenvalue weighted by molar-refractivity contribution is 8.01. The number of fused-ring (bicyclic) bond motifs is 1. The van der Waals surface area contributed by atoms with E-state index >= 15 is 0 Å². The number of thioether (sulfide) groups is 1. The number of carbonyl (C=O) groups is 2. The second kappa shape index (κ2) is 12.9. The molecule has 2 aliphatic heterocycles. The van der Waals surface area contributed by atoms with Crippen molar-refractivity contribution < 1.29 is 9.59 Å². The molecule has 0 spiro atoms. The average Bonchev–Trinajstić information content (AvgIpc) is 3.62. The van der Waals surface area contributed by atoms with Crippen molar-refractivity contribution in [1.82, 2.24) is 14.9 Å². The van der Waals surface area contributed by atoms with Gasteiger partial charge in [0.2, 0.25) is 5.95 Å². The number of anilines is 1. The van der Waals surface area contributed by atoms with E-state index in [-0.39, 0.29) is 29.7 Å². The second-order valence-electron chi connectivity index (χ2n) is 12.0. The van der Waals surface area contributed by atoms with Crippen molar-refractivity contribution in [2.45, 2.75) is 42.2 Å². The Labute approximate surface area is 274 Å².